The second-order valence-corrected chi connectivity index (χ2v) is 4.80. The molecule has 0 radical (unpaired) electrons. The van der Waals surface area contributed by atoms with E-state index in [0.717, 1.165) is 5.75 Å². The van der Waals surface area contributed by atoms with Gasteiger partial charge in [0.25, 0.3) is 0 Å². The largest absolute Gasteiger partial charge is 0.481 e. The van der Waals surface area contributed by atoms with Crippen molar-refractivity contribution in [1.29, 1.82) is 0 Å². The van der Waals surface area contributed by atoms with Gasteiger partial charge in [0.1, 0.15) is 0 Å². The van der Waals surface area contributed by atoms with Crippen molar-refractivity contribution in [2.24, 2.45) is 17.8 Å². The molecule has 0 bridgehead atoms. The van der Waals surface area contributed by atoms with Crippen LogP contribution in [0.15, 0.2) is 0 Å². The Balaban J connectivity index is 2.10. The van der Waals surface area contributed by atoms with Crippen LogP contribution in [0.5, 0.6) is 0 Å². The number of hydrogen-bond acceptors (Lipinski definition) is 3. The molecule has 2 unspecified atom stereocenters. The summed E-state index contributed by atoms with van der Waals surface area (Å²) in [6.07, 6.45) is 0.616. The maximum Gasteiger partial charge on any atom is 0.307 e. The van der Waals surface area contributed by atoms with Crippen molar-refractivity contribution in [2.75, 3.05) is 5.75 Å². The zero-order valence-electron chi connectivity index (χ0n) is 6.84. The molecule has 1 aliphatic heterocycles. The van der Waals surface area contributed by atoms with Gasteiger partial charge in [-0.05, 0) is 18.1 Å². The highest BCUT2D eigenvalue weighted by Gasteiger charge is 2.62. The van der Waals surface area contributed by atoms with Crippen molar-refractivity contribution in [3.05, 3.63) is 0 Å². The second kappa shape index (κ2) is 2.90. The van der Waals surface area contributed by atoms with Gasteiger partial charge in [-0.1, -0.05) is 0 Å². The predicted molar refractivity (Wildman–Crippen MR) is 46.6 cm³/mol. The maximum absolute atomic E-state index is 10.8. The lowest BCUT2D eigenvalue weighted by Gasteiger charge is -2.15. The standard InChI is InChI=1S/C8H10O4S/c9-7(10)3-1-2-13-6-4(3)5(6)8(11)12/h3-6H,1-2H2,(H,9,10)(H,11,12)/t3?,4-,5?,6-/m1/s1. The quantitative estimate of drug-likeness (QED) is 0.683. The fourth-order valence-electron chi connectivity index (χ4n) is 2.12. The van der Waals surface area contributed by atoms with E-state index in [9.17, 15) is 9.59 Å². The van der Waals surface area contributed by atoms with Crippen LogP contribution < -0.4 is 0 Å². The summed E-state index contributed by atoms with van der Waals surface area (Å²) in [7, 11) is 0. The Labute approximate surface area is 79.3 Å². The van der Waals surface area contributed by atoms with Gasteiger partial charge >= 0.3 is 11.9 Å². The van der Waals surface area contributed by atoms with Crippen LogP contribution in [0.1, 0.15) is 6.42 Å². The molecular formula is C8H10O4S. The molecule has 0 aromatic rings. The van der Waals surface area contributed by atoms with Crippen molar-refractivity contribution in [1.82, 2.24) is 0 Å². The summed E-state index contributed by atoms with van der Waals surface area (Å²) >= 11 is 1.61. The highest BCUT2D eigenvalue weighted by Crippen LogP contribution is 2.57. The number of carbonyl (C=O) groups is 2. The Bertz CT molecular complexity index is 265. The maximum atomic E-state index is 10.8. The van der Waals surface area contributed by atoms with Gasteiger partial charge in [-0.2, -0.15) is 11.8 Å². The monoisotopic (exact) mass is 202 g/mol. The molecule has 4 atom stereocenters. The Kier molecular flexibility index (Phi) is 1.98. The molecule has 0 aromatic heterocycles. The average molecular weight is 202 g/mol. The number of aliphatic carboxylic acids is 2. The minimum atomic E-state index is -0.837. The average Bonchev–Trinajstić information content (AvgIpc) is 2.76. The van der Waals surface area contributed by atoms with Gasteiger partial charge in [-0.25, -0.2) is 0 Å². The zero-order valence-corrected chi connectivity index (χ0v) is 7.66. The van der Waals surface area contributed by atoms with Gasteiger partial charge in [0.15, 0.2) is 0 Å². The van der Waals surface area contributed by atoms with Crippen molar-refractivity contribution in [3.63, 3.8) is 0 Å². The molecule has 2 rings (SSSR count). The fourth-order valence-corrected chi connectivity index (χ4v) is 3.77. The first-order chi connectivity index (χ1) is 6.13. The second-order valence-electron chi connectivity index (χ2n) is 3.51. The number of thioether (sulfide) groups is 1. The molecule has 2 aliphatic rings. The molecule has 0 spiro atoms. The molecule has 0 aromatic carbocycles. The van der Waals surface area contributed by atoms with Crippen molar-refractivity contribution < 1.29 is 19.8 Å². The van der Waals surface area contributed by atoms with E-state index in [0.29, 0.717) is 6.42 Å². The highest BCUT2D eigenvalue weighted by atomic mass is 32.2. The normalized spacial score (nSPS) is 42.2. The van der Waals surface area contributed by atoms with E-state index in [1.807, 2.05) is 0 Å². The van der Waals surface area contributed by atoms with Crippen LogP contribution in [-0.4, -0.2) is 33.2 Å². The molecule has 13 heavy (non-hydrogen) atoms. The molecule has 0 amide bonds. The Morgan fingerprint density at radius 3 is 2.46 bits per heavy atom. The van der Waals surface area contributed by atoms with Gasteiger partial charge in [-0.3, -0.25) is 9.59 Å². The van der Waals surface area contributed by atoms with Crippen LogP contribution >= 0.6 is 11.8 Å². The number of hydrogen-bond donors (Lipinski definition) is 2. The molecule has 2 fully saturated rings. The molecule has 1 saturated heterocycles. The number of carboxylic acids is 2. The van der Waals surface area contributed by atoms with Gasteiger partial charge in [-0.15, -0.1) is 0 Å². The number of carboxylic acid groups (broad SMARTS) is 2. The fraction of sp³-hybridized carbons (Fsp3) is 0.750. The Morgan fingerprint density at radius 1 is 1.23 bits per heavy atom. The third-order valence-electron chi connectivity index (χ3n) is 2.81. The van der Waals surface area contributed by atoms with E-state index in [2.05, 4.69) is 0 Å². The van der Waals surface area contributed by atoms with E-state index in [1.54, 1.807) is 11.8 Å². The molecule has 1 saturated carbocycles. The topological polar surface area (TPSA) is 74.6 Å². The van der Waals surface area contributed by atoms with Crippen molar-refractivity contribution >= 4 is 23.7 Å². The van der Waals surface area contributed by atoms with E-state index >= 15 is 0 Å². The lowest BCUT2D eigenvalue weighted by Crippen LogP contribution is -2.21. The molecule has 72 valence electrons. The third-order valence-corrected chi connectivity index (χ3v) is 4.28. The predicted octanol–water partition coefficient (Wildman–Crippen LogP) is 0.523. The summed E-state index contributed by atoms with van der Waals surface area (Å²) in [5.74, 6) is -1.84. The van der Waals surface area contributed by atoms with Gasteiger partial charge in [0, 0.05) is 5.25 Å². The van der Waals surface area contributed by atoms with Crippen molar-refractivity contribution in [2.45, 2.75) is 11.7 Å². The van der Waals surface area contributed by atoms with Crippen LogP contribution in [-0.2, 0) is 9.59 Å². The van der Waals surface area contributed by atoms with E-state index in [4.69, 9.17) is 10.2 Å². The minimum Gasteiger partial charge on any atom is -0.481 e. The number of rotatable bonds is 2. The zero-order chi connectivity index (χ0) is 9.59. The Morgan fingerprint density at radius 2 is 1.92 bits per heavy atom. The van der Waals surface area contributed by atoms with Gasteiger partial charge in [0.05, 0.1) is 11.8 Å². The molecule has 1 aliphatic carbocycles. The van der Waals surface area contributed by atoms with Crippen LogP contribution in [0.25, 0.3) is 0 Å². The Hall–Kier alpha value is -0.710. The van der Waals surface area contributed by atoms with E-state index in [-0.39, 0.29) is 11.2 Å². The molecule has 4 nitrogen and oxygen atoms in total. The highest BCUT2D eigenvalue weighted by molar-refractivity contribution is 8.00. The van der Waals surface area contributed by atoms with Gasteiger partial charge < -0.3 is 10.2 Å². The lowest BCUT2D eigenvalue weighted by molar-refractivity contribution is -0.143. The van der Waals surface area contributed by atoms with Gasteiger partial charge in [0.2, 0.25) is 0 Å². The molecular weight excluding hydrogens is 192 g/mol. The third kappa shape index (κ3) is 1.31. The van der Waals surface area contributed by atoms with E-state index in [1.165, 1.54) is 0 Å². The van der Waals surface area contributed by atoms with E-state index < -0.39 is 23.8 Å². The van der Waals surface area contributed by atoms with Crippen LogP contribution in [0.3, 0.4) is 0 Å². The van der Waals surface area contributed by atoms with Crippen LogP contribution in [0.2, 0.25) is 0 Å². The summed E-state index contributed by atoms with van der Waals surface area (Å²) in [6.45, 7) is 0. The first-order valence-corrected chi connectivity index (χ1v) is 5.25. The smallest absolute Gasteiger partial charge is 0.307 e. The van der Waals surface area contributed by atoms with Crippen LogP contribution in [0.4, 0.5) is 0 Å². The first-order valence-electron chi connectivity index (χ1n) is 4.20. The summed E-state index contributed by atoms with van der Waals surface area (Å²) in [5.41, 5.74) is 0. The summed E-state index contributed by atoms with van der Waals surface area (Å²) in [4.78, 5) is 21.4. The molecule has 2 N–H and O–H groups in total. The van der Waals surface area contributed by atoms with Crippen molar-refractivity contribution in [3.8, 4) is 0 Å². The summed E-state index contributed by atoms with van der Waals surface area (Å²) in [6, 6.07) is 0. The minimum absolute atomic E-state index is 0.0624. The lowest BCUT2D eigenvalue weighted by atomic mass is 9.99. The molecule has 5 heteroatoms. The molecule has 1 heterocycles. The first kappa shape index (κ1) is 8.87. The number of fused-ring (bicyclic) bond motifs is 1. The summed E-state index contributed by atoms with van der Waals surface area (Å²) < 4.78 is 0. The van der Waals surface area contributed by atoms with Crippen LogP contribution in [0, 0.1) is 17.8 Å². The SMILES string of the molecule is O=C(O)C1CCS[C@H]2C(C(=O)O)[C@@H]12. The summed E-state index contributed by atoms with van der Waals surface area (Å²) in [5, 5.41) is 17.7.